The summed E-state index contributed by atoms with van der Waals surface area (Å²) in [6, 6.07) is 3.44. The second-order valence-corrected chi connectivity index (χ2v) is 3.48. The van der Waals surface area contributed by atoms with E-state index < -0.39 is 23.0 Å². The van der Waals surface area contributed by atoms with Crippen LogP contribution in [-0.4, -0.2) is 30.3 Å². The van der Waals surface area contributed by atoms with Gasteiger partial charge in [-0.15, -0.1) is 0 Å². The summed E-state index contributed by atoms with van der Waals surface area (Å²) in [4.78, 5) is 13.5. The Morgan fingerprint density at radius 1 is 1.19 bits per heavy atom. The molecule has 0 spiro atoms. The number of halogens is 2. The lowest BCUT2D eigenvalue weighted by Gasteiger charge is -2.17. The van der Waals surface area contributed by atoms with Crippen LogP contribution in [0.15, 0.2) is 18.2 Å². The van der Waals surface area contributed by atoms with Gasteiger partial charge in [0, 0.05) is 0 Å². The molecule has 0 amide bonds. The molecule has 2 nitrogen and oxygen atoms in total. The second-order valence-electron chi connectivity index (χ2n) is 3.48. The van der Waals surface area contributed by atoms with Gasteiger partial charge in [0.15, 0.2) is 5.78 Å². The summed E-state index contributed by atoms with van der Waals surface area (Å²) in [5.74, 6) is -2.10. The third-order valence-corrected chi connectivity index (χ3v) is 2.50. The zero-order chi connectivity index (χ0) is 12.1. The summed E-state index contributed by atoms with van der Waals surface area (Å²) in [7, 11) is 0. The lowest BCUT2D eigenvalue weighted by atomic mass is 10.1. The Labute approximate surface area is 93.9 Å². The van der Waals surface area contributed by atoms with Crippen LogP contribution >= 0.6 is 0 Å². The highest BCUT2D eigenvalue weighted by Crippen LogP contribution is 2.13. The Hall–Kier alpha value is -1.29. The monoisotopic (exact) mass is 227 g/mol. The van der Waals surface area contributed by atoms with Crippen LogP contribution in [0.2, 0.25) is 0 Å². The van der Waals surface area contributed by atoms with E-state index in [4.69, 9.17) is 0 Å². The van der Waals surface area contributed by atoms with Crippen molar-refractivity contribution < 1.29 is 13.6 Å². The first-order chi connectivity index (χ1) is 7.60. The Morgan fingerprint density at radius 2 is 1.69 bits per heavy atom. The van der Waals surface area contributed by atoms with E-state index in [0.717, 1.165) is 12.1 Å². The molecule has 1 aromatic carbocycles. The molecule has 0 fully saturated rings. The van der Waals surface area contributed by atoms with Crippen molar-refractivity contribution in [3.63, 3.8) is 0 Å². The molecular formula is C12H15F2NO. The predicted octanol–water partition coefficient (Wildman–Crippen LogP) is 2.49. The molecule has 0 saturated heterocycles. The molecule has 1 rings (SSSR count). The summed E-state index contributed by atoms with van der Waals surface area (Å²) in [6.45, 7) is 5.20. The predicted molar refractivity (Wildman–Crippen MR) is 58.5 cm³/mol. The fourth-order valence-electron chi connectivity index (χ4n) is 1.49. The molecule has 0 bridgehead atoms. The number of nitrogens with zero attached hydrogens (tertiary/aromatic N) is 1. The standard InChI is InChI=1S/C12H15F2NO/c1-3-15(4-2)8-11(16)12-9(13)6-5-7-10(12)14/h5-7H,3-4,8H2,1-2H3. The number of hydrogen-bond acceptors (Lipinski definition) is 2. The molecule has 0 aromatic heterocycles. The smallest absolute Gasteiger partial charge is 0.182 e. The minimum Gasteiger partial charge on any atom is -0.296 e. The fraction of sp³-hybridized carbons (Fsp3) is 0.417. The van der Waals surface area contributed by atoms with Crippen LogP contribution in [0.3, 0.4) is 0 Å². The zero-order valence-corrected chi connectivity index (χ0v) is 9.46. The third-order valence-electron chi connectivity index (χ3n) is 2.50. The number of hydrogen-bond donors (Lipinski definition) is 0. The van der Waals surface area contributed by atoms with E-state index in [9.17, 15) is 13.6 Å². The Kier molecular flexibility index (Phi) is 4.55. The van der Waals surface area contributed by atoms with E-state index in [-0.39, 0.29) is 6.54 Å². The van der Waals surface area contributed by atoms with Gasteiger partial charge in [-0.3, -0.25) is 9.69 Å². The van der Waals surface area contributed by atoms with E-state index >= 15 is 0 Å². The van der Waals surface area contributed by atoms with Gasteiger partial charge in [-0.2, -0.15) is 0 Å². The Morgan fingerprint density at radius 3 is 2.12 bits per heavy atom. The van der Waals surface area contributed by atoms with Gasteiger partial charge in [0.1, 0.15) is 11.6 Å². The Bertz CT molecular complexity index is 355. The van der Waals surface area contributed by atoms with Crippen LogP contribution in [0.5, 0.6) is 0 Å². The third kappa shape index (κ3) is 2.85. The molecule has 0 radical (unpaired) electrons. The normalized spacial score (nSPS) is 10.8. The van der Waals surface area contributed by atoms with E-state index in [1.54, 1.807) is 0 Å². The van der Waals surface area contributed by atoms with Gasteiger partial charge >= 0.3 is 0 Å². The first-order valence-electron chi connectivity index (χ1n) is 5.29. The molecule has 0 aliphatic carbocycles. The van der Waals surface area contributed by atoms with Crippen molar-refractivity contribution in [1.82, 2.24) is 4.90 Å². The number of rotatable bonds is 5. The number of Topliss-reactive ketones (excluding diaryl/α,β-unsaturated/α-hetero) is 1. The largest absolute Gasteiger partial charge is 0.296 e. The maximum Gasteiger partial charge on any atom is 0.182 e. The van der Waals surface area contributed by atoms with Gasteiger partial charge in [-0.25, -0.2) is 8.78 Å². The molecule has 0 aliphatic rings. The van der Waals surface area contributed by atoms with E-state index in [2.05, 4.69) is 0 Å². The van der Waals surface area contributed by atoms with Crippen molar-refractivity contribution >= 4 is 5.78 Å². The highest BCUT2D eigenvalue weighted by molar-refractivity contribution is 5.98. The van der Waals surface area contributed by atoms with Crippen molar-refractivity contribution in [2.24, 2.45) is 0 Å². The van der Waals surface area contributed by atoms with Gasteiger partial charge < -0.3 is 0 Å². The topological polar surface area (TPSA) is 20.3 Å². The van der Waals surface area contributed by atoms with Crippen molar-refractivity contribution in [3.8, 4) is 0 Å². The van der Waals surface area contributed by atoms with Gasteiger partial charge in [0.25, 0.3) is 0 Å². The van der Waals surface area contributed by atoms with Crippen LogP contribution in [0.1, 0.15) is 24.2 Å². The molecule has 0 heterocycles. The average molecular weight is 227 g/mol. The van der Waals surface area contributed by atoms with Crippen molar-refractivity contribution in [1.29, 1.82) is 0 Å². The number of likely N-dealkylation sites (N-methyl/N-ethyl adjacent to an activating group) is 1. The second kappa shape index (κ2) is 5.70. The number of ketones is 1. The summed E-state index contributed by atoms with van der Waals surface area (Å²) in [5.41, 5.74) is -0.436. The highest BCUT2D eigenvalue weighted by atomic mass is 19.1. The van der Waals surface area contributed by atoms with Crippen LogP contribution in [-0.2, 0) is 0 Å². The Balaban J connectivity index is 2.88. The maximum absolute atomic E-state index is 13.3. The molecule has 0 aliphatic heterocycles. The molecule has 88 valence electrons. The minimum atomic E-state index is -0.794. The fourth-order valence-corrected chi connectivity index (χ4v) is 1.49. The van der Waals surface area contributed by atoms with Crippen molar-refractivity contribution in [2.45, 2.75) is 13.8 Å². The van der Waals surface area contributed by atoms with Crippen LogP contribution in [0.25, 0.3) is 0 Å². The molecule has 4 heteroatoms. The van der Waals surface area contributed by atoms with Crippen molar-refractivity contribution in [2.75, 3.05) is 19.6 Å². The average Bonchev–Trinajstić information content (AvgIpc) is 2.25. The van der Waals surface area contributed by atoms with E-state index in [0.29, 0.717) is 13.1 Å². The first kappa shape index (κ1) is 12.8. The molecule has 16 heavy (non-hydrogen) atoms. The first-order valence-corrected chi connectivity index (χ1v) is 5.29. The summed E-state index contributed by atoms with van der Waals surface area (Å²) in [5, 5.41) is 0. The molecule has 0 N–H and O–H groups in total. The molecule has 1 aromatic rings. The molecule has 0 atom stereocenters. The van der Waals surface area contributed by atoms with Gasteiger partial charge in [0.05, 0.1) is 12.1 Å². The lowest BCUT2D eigenvalue weighted by Crippen LogP contribution is -2.30. The van der Waals surface area contributed by atoms with Gasteiger partial charge in [0.2, 0.25) is 0 Å². The number of carbonyl (C=O) groups excluding carboxylic acids is 1. The number of benzene rings is 1. The quantitative estimate of drug-likeness (QED) is 0.720. The van der Waals surface area contributed by atoms with Crippen LogP contribution in [0, 0.1) is 11.6 Å². The summed E-state index contributed by atoms with van der Waals surface area (Å²) in [6.07, 6.45) is 0. The van der Waals surface area contributed by atoms with Crippen molar-refractivity contribution in [3.05, 3.63) is 35.4 Å². The minimum absolute atomic E-state index is 0.0465. The lowest BCUT2D eigenvalue weighted by molar-refractivity contribution is 0.0929. The summed E-state index contributed by atoms with van der Waals surface area (Å²) < 4.78 is 26.6. The van der Waals surface area contributed by atoms with Crippen LogP contribution < -0.4 is 0 Å². The molecule has 0 unspecified atom stereocenters. The van der Waals surface area contributed by atoms with E-state index in [1.807, 2.05) is 18.7 Å². The van der Waals surface area contributed by atoms with E-state index in [1.165, 1.54) is 6.07 Å². The van der Waals surface area contributed by atoms with Gasteiger partial charge in [-0.05, 0) is 25.2 Å². The highest BCUT2D eigenvalue weighted by Gasteiger charge is 2.18. The molecule has 0 saturated carbocycles. The molecular weight excluding hydrogens is 212 g/mol. The maximum atomic E-state index is 13.3. The van der Waals surface area contributed by atoms with Crippen LogP contribution in [0.4, 0.5) is 8.78 Å². The zero-order valence-electron chi connectivity index (χ0n) is 9.46. The number of carbonyl (C=O) groups is 1. The van der Waals surface area contributed by atoms with Gasteiger partial charge in [-0.1, -0.05) is 19.9 Å². The SMILES string of the molecule is CCN(CC)CC(=O)c1c(F)cccc1F. The summed E-state index contributed by atoms with van der Waals surface area (Å²) >= 11 is 0.